The number of rotatable bonds is 4. The average molecular weight is 262 g/mol. The van der Waals surface area contributed by atoms with Crippen LogP contribution in [0.4, 0.5) is 0 Å². The van der Waals surface area contributed by atoms with Gasteiger partial charge >= 0.3 is 0 Å². The standard InChI is InChI=1S/C11H22N2O3S/c1-10-3-5-13(6-4-10)17(14,15)12-7-11(2)8-16-9-11/h10,12H,3-9H2,1-2H3. The van der Waals surface area contributed by atoms with Crippen molar-refractivity contribution < 1.29 is 13.2 Å². The molecule has 0 aromatic rings. The molecule has 1 N–H and O–H groups in total. The Bertz CT molecular complexity index is 357. The molecule has 0 bridgehead atoms. The van der Waals surface area contributed by atoms with Gasteiger partial charge in [-0.3, -0.25) is 0 Å². The van der Waals surface area contributed by atoms with E-state index >= 15 is 0 Å². The molecule has 6 heteroatoms. The Kier molecular flexibility index (Phi) is 3.77. The van der Waals surface area contributed by atoms with E-state index in [2.05, 4.69) is 11.6 Å². The third-order valence-electron chi connectivity index (χ3n) is 3.66. The van der Waals surface area contributed by atoms with E-state index in [1.165, 1.54) is 0 Å². The first-order chi connectivity index (χ1) is 7.91. The molecule has 0 amide bonds. The van der Waals surface area contributed by atoms with Gasteiger partial charge < -0.3 is 4.74 Å². The van der Waals surface area contributed by atoms with E-state index in [1.807, 2.05) is 6.92 Å². The summed E-state index contributed by atoms with van der Waals surface area (Å²) in [6, 6.07) is 0. The van der Waals surface area contributed by atoms with Gasteiger partial charge in [-0.1, -0.05) is 13.8 Å². The smallest absolute Gasteiger partial charge is 0.279 e. The van der Waals surface area contributed by atoms with Crippen molar-refractivity contribution in [1.82, 2.24) is 9.03 Å². The van der Waals surface area contributed by atoms with Crippen molar-refractivity contribution in [2.45, 2.75) is 26.7 Å². The fourth-order valence-electron chi connectivity index (χ4n) is 2.13. The molecule has 100 valence electrons. The summed E-state index contributed by atoms with van der Waals surface area (Å²) in [5.74, 6) is 0.638. The Balaban J connectivity index is 1.85. The predicted octanol–water partition coefficient (Wildman–Crippen LogP) is 0.589. The van der Waals surface area contributed by atoms with Crippen molar-refractivity contribution in [3.8, 4) is 0 Å². The van der Waals surface area contributed by atoms with Gasteiger partial charge in [0.25, 0.3) is 10.2 Å². The SMILES string of the molecule is CC1CCN(S(=O)(=O)NCC2(C)COC2)CC1. The van der Waals surface area contributed by atoms with Gasteiger partial charge in [0.15, 0.2) is 0 Å². The summed E-state index contributed by atoms with van der Waals surface area (Å²) in [7, 11) is -3.29. The molecular weight excluding hydrogens is 240 g/mol. The molecule has 2 saturated heterocycles. The maximum atomic E-state index is 12.1. The molecule has 0 atom stereocenters. The summed E-state index contributed by atoms with van der Waals surface area (Å²) < 4.78 is 33.5. The largest absolute Gasteiger partial charge is 0.380 e. The fourth-order valence-corrected chi connectivity index (χ4v) is 3.54. The van der Waals surface area contributed by atoms with Crippen LogP contribution < -0.4 is 4.72 Å². The molecule has 2 fully saturated rings. The van der Waals surface area contributed by atoms with E-state index in [0.717, 1.165) is 12.8 Å². The van der Waals surface area contributed by atoms with Crippen molar-refractivity contribution in [1.29, 1.82) is 0 Å². The lowest BCUT2D eigenvalue weighted by Crippen LogP contribution is -2.52. The van der Waals surface area contributed by atoms with Crippen LogP contribution in [0, 0.1) is 11.3 Å². The highest BCUT2D eigenvalue weighted by Gasteiger charge is 2.35. The molecular formula is C11H22N2O3S. The van der Waals surface area contributed by atoms with Crippen molar-refractivity contribution >= 4 is 10.2 Å². The lowest BCUT2D eigenvalue weighted by atomic mass is 9.89. The van der Waals surface area contributed by atoms with E-state index in [4.69, 9.17) is 4.74 Å². The lowest BCUT2D eigenvalue weighted by Gasteiger charge is -2.39. The van der Waals surface area contributed by atoms with E-state index in [0.29, 0.717) is 38.8 Å². The van der Waals surface area contributed by atoms with Crippen LogP contribution in [0.1, 0.15) is 26.7 Å². The van der Waals surface area contributed by atoms with Crippen LogP contribution in [0.15, 0.2) is 0 Å². The molecule has 2 rings (SSSR count). The zero-order valence-corrected chi connectivity index (χ0v) is 11.4. The highest BCUT2D eigenvalue weighted by Crippen LogP contribution is 2.26. The Hall–Kier alpha value is -0.170. The van der Waals surface area contributed by atoms with Gasteiger partial charge in [-0.05, 0) is 18.8 Å². The van der Waals surface area contributed by atoms with Crippen LogP contribution in [-0.2, 0) is 14.9 Å². The minimum atomic E-state index is -3.29. The van der Waals surface area contributed by atoms with Crippen molar-refractivity contribution in [3.05, 3.63) is 0 Å². The van der Waals surface area contributed by atoms with Gasteiger partial charge in [0.1, 0.15) is 0 Å². The number of hydrogen-bond donors (Lipinski definition) is 1. The van der Waals surface area contributed by atoms with Gasteiger partial charge in [0, 0.05) is 25.0 Å². The van der Waals surface area contributed by atoms with Crippen LogP contribution in [0.3, 0.4) is 0 Å². The molecule has 5 nitrogen and oxygen atoms in total. The first-order valence-electron chi connectivity index (χ1n) is 6.24. The third-order valence-corrected chi connectivity index (χ3v) is 5.22. The van der Waals surface area contributed by atoms with Gasteiger partial charge in [-0.25, -0.2) is 4.72 Å². The Morgan fingerprint density at radius 3 is 2.41 bits per heavy atom. The number of ether oxygens (including phenoxy) is 1. The Morgan fingerprint density at radius 2 is 1.94 bits per heavy atom. The molecule has 2 aliphatic heterocycles. The molecule has 2 aliphatic rings. The maximum Gasteiger partial charge on any atom is 0.279 e. The third kappa shape index (κ3) is 3.19. The number of nitrogens with one attached hydrogen (secondary N) is 1. The summed E-state index contributed by atoms with van der Waals surface area (Å²) in [6.45, 7) is 7.26. The normalized spacial score (nSPS) is 26.7. The number of hydrogen-bond acceptors (Lipinski definition) is 3. The molecule has 0 aliphatic carbocycles. The second kappa shape index (κ2) is 4.84. The second-order valence-electron chi connectivity index (χ2n) is 5.71. The summed E-state index contributed by atoms with van der Waals surface area (Å²) in [5, 5.41) is 0. The van der Waals surface area contributed by atoms with Crippen LogP contribution in [0.5, 0.6) is 0 Å². The van der Waals surface area contributed by atoms with Gasteiger partial charge in [0.05, 0.1) is 13.2 Å². The average Bonchev–Trinajstić information content (AvgIpc) is 2.24. The zero-order valence-electron chi connectivity index (χ0n) is 10.6. The predicted molar refractivity (Wildman–Crippen MR) is 65.8 cm³/mol. The van der Waals surface area contributed by atoms with E-state index in [1.54, 1.807) is 4.31 Å². The summed E-state index contributed by atoms with van der Waals surface area (Å²) >= 11 is 0. The highest BCUT2D eigenvalue weighted by molar-refractivity contribution is 7.87. The van der Waals surface area contributed by atoms with E-state index < -0.39 is 10.2 Å². The molecule has 2 heterocycles. The highest BCUT2D eigenvalue weighted by atomic mass is 32.2. The number of piperidine rings is 1. The summed E-state index contributed by atoms with van der Waals surface area (Å²) in [5.41, 5.74) is -0.0177. The van der Waals surface area contributed by atoms with Crippen molar-refractivity contribution in [2.24, 2.45) is 11.3 Å². The molecule has 17 heavy (non-hydrogen) atoms. The van der Waals surface area contributed by atoms with Crippen LogP contribution in [0.2, 0.25) is 0 Å². The van der Waals surface area contributed by atoms with Gasteiger partial charge in [-0.15, -0.1) is 0 Å². The minimum absolute atomic E-state index is 0.0177. The van der Waals surface area contributed by atoms with Crippen LogP contribution >= 0.6 is 0 Å². The minimum Gasteiger partial charge on any atom is -0.380 e. The van der Waals surface area contributed by atoms with Crippen LogP contribution in [0.25, 0.3) is 0 Å². The van der Waals surface area contributed by atoms with Crippen LogP contribution in [-0.4, -0.2) is 45.6 Å². The van der Waals surface area contributed by atoms with Gasteiger partial charge in [0.2, 0.25) is 0 Å². The number of nitrogens with zero attached hydrogens (tertiary/aromatic N) is 1. The summed E-state index contributed by atoms with van der Waals surface area (Å²) in [6.07, 6.45) is 1.92. The molecule has 0 aromatic carbocycles. The first-order valence-corrected chi connectivity index (χ1v) is 7.68. The molecule has 0 radical (unpaired) electrons. The zero-order chi connectivity index (χ0) is 12.5. The Morgan fingerprint density at radius 1 is 1.35 bits per heavy atom. The maximum absolute atomic E-state index is 12.1. The molecule has 0 spiro atoms. The first kappa shape index (κ1) is 13.3. The van der Waals surface area contributed by atoms with E-state index in [9.17, 15) is 8.42 Å². The molecule has 0 aromatic heterocycles. The van der Waals surface area contributed by atoms with E-state index in [-0.39, 0.29) is 5.41 Å². The second-order valence-corrected chi connectivity index (χ2v) is 7.47. The quantitative estimate of drug-likeness (QED) is 0.806. The van der Waals surface area contributed by atoms with Crippen molar-refractivity contribution in [3.63, 3.8) is 0 Å². The topological polar surface area (TPSA) is 58.6 Å². The molecule has 0 unspecified atom stereocenters. The molecule has 0 saturated carbocycles. The monoisotopic (exact) mass is 262 g/mol. The fraction of sp³-hybridized carbons (Fsp3) is 1.00. The Labute approximate surface area is 104 Å². The van der Waals surface area contributed by atoms with Crippen molar-refractivity contribution in [2.75, 3.05) is 32.8 Å². The lowest BCUT2D eigenvalue weighted by molar-refractivity contribution is -0.0967. The summed E-state index contributed by atoms with van der Waals surface area (Å²) in [4.78, 5) is 0. The van der Waals surface area contributed by atoms with Gasteiger partial charge in [-0.2, -0.15) is 12.7 Å².